The number of amides is 3. The summed E-state index contributed by atoms with van der Waals surface area (Å²) in [6.45, 7) is 4.89. The van der Waals surface area contributed by atoms with Crippen molar-refractivity contribution in [3.63, 3.8) is 0 Å². The minimum atomic E-state index is -0.515. The van der Waals surface area contributed by atoms with Gasteiger partial charge in [-0.2, -0.15) is 0 Å². The van der Waals surface area contributed by atoms with Crippen LogP contribution in [-0.2, 0) is 4.79 Å². The molecule has 3 amide bonds. The van der Waals surface area contributed by atoms with Crippen LogP contribution in [0, 0.1) is 11.7 Å². The van der Waals surface area contributed by atoms with E-state index in [-0.39, 0.29) is 33.8 Å². The summed E-state index contributed by atoms with van der Waals surface area (Å²) < 4.78 is 13.0. The van der Waals surface area contributed by atoms with E-state index in [0.29, 0.717) is 31.6 Å². The van der Waals surface area contributed by atoms with E-state index in [1.165, 1.54) is 24.3 Å². The molecule has 0 aliphatic carbocycles. The van der Waals surface area contributed by atoms with Crippen LogP contribution in [0.15, 0.2) is 24.3 Å². The SMILES string of the molecule is CC[C@H](C)NC(=O)C1CCN(C(=O)c2nnc(C(=O)Nc3ccc(F)cc3)s2)CC1. The van der Waals surface area contributed by atoms with Crippen molar-refractivity contribution in [1.29, 1.82) is 0 Å². The molecule has 1 atom stereocenters. The Morgan fingerprint density at radius 1 is 1.17 bits per heavy atom. The Morgan fingerprint density at radius 2 is 1.80 bits per heavy atom. The first-order chi connectivity index (χ1) is 14.4. The predicted molar refractivity (Wildman–Crippen MR) is 111 cm³/mol. The van der Waals surface area contributed by atoms with Crippen LogP contribution in [0.2, 0.25) is 0 Å². The number of piperidine rings is 1. The van der Waals surface area contributed by atoms with Gasteiger partial charge in [0.15, 0.2) is 0 Å². The highest BCUT2D eigenvalue weighted by molar-refractivity contribution is 7.15. The van der Waals surface area contributed by atoms with Crippen LogP contribution in [0.3, 0.4) is 0 Å². The molecule has 0 spiro atoms. The van der Waals surface area contributed by atoms with Crippen molar-refractivity contribution in [1.82, 2.24) is 20.4 Å². The molecule has 30 heavy (non-hydrogen) atoms. The van der Waals surface area contributed by atoms with Gasteiger partial charge in [0.1, 0.15) is 5.82 Å². The molecule has 0 bridgehead atoms. The van der Waals surface area contributed by atoms with Crippen molar-refractivity contribution < 1.29 is 18.8 Å². The number of hydrogen-bond donors (Lipinski definition) is 2. The van der Waals surface area contributed by atoms with Gasteiger partial charge in [0.25, 0.3) is 11.8 Å². The summed E-state index contributed by atoms with van der Waals surface area (Å²) in [5.41, 5.74) is 0.419. The molecule has 0 unspecified atom stereocenters. The van der Waals surface area contributed by atoms with Crippen molar-refractivity contribution in [2.75, 3.05) is 18.4 Å². The number of rotatable bonds is 6. The monoisotopic (exact) mass is 433 g/mol. The molecule has 1 fully saturated rings. The van der Waals surface area contributed by atoms with E-state index in [1.807, 2.05) is 13.8 Å². The van der Waals surface area contributed by atoms with Crippen LogP contribution >= 0.6 is 11.3 Å². The lowest BCUT2D eigenvalue weighted by Gasteiger charge is -2.31. The number of anilines is 1. The van der Waals surface area contributed by atoms with Gasteiger partial charge in [0.2, 0.25) is 15.9 Å². The minimum Gasteiger partial charge on any atom is -0.353 e. The second-order valence-corrected chi connectivity index (χ2v) is 8.24. The second kappa shape index (κ2) is 9.75. The topological polar surface area (TPSA) is 104 Å². The average molecular weight is 434 g/mol. The van der Waals surface area contributed by atoms with Crippen LogP contribution < -0.4 is 10.6 Å². The third kappa shape index (κ3) is 5.38. The zero-order valence-electron chi connectivity index (χ0n) is 16.9. The molecule has 2 aromatic rings. The number of halogens is 1. The van der Waals surface area contributed by atoms with Gasteiger partial charge >= 0.3 is 0 Å². The highest BCUT2D eigenvalue weighted by Gasteiger charge is 2.30. The third-order valence-electron chi connectivity index (χ3n) is 5.06. The Morgan fingerprint density at radius 3 is 2.43 bits per heavy atom. The maximum absolute atomic E-state index is 13.0. The van der Waals surface area contributed by atoms with E-state index in [1.54, 1.807) is 4.90 Å². The molecule has 1 aliphatic heterocycles. The van der Waals surface area contributed by atoms with Crippen molar-refractivity contribution in [2.45, 2.75) is 39.2 Å². The molecule has 3 rings (SSSR count). The summed E-state index contributed by atoms with van der Waals surface area (Å²) in [6.07, 6.45) is 2.05. The highest BCUT2D eigenvalue weighted by atomic mass is 32.1. The van der Waals surface area contributed by atoms with Gasteiger partial charge in [0, 0.05) is 30.7 Å². The zero-order valence-corrected chi connectivity index (χ0v) is 17.7. The quantitative estimate of drug-likeness (QED) is 0.729. The van der Waals surface area contributed by atoms with Gasteiger partial charge in [0.05, 0.1) is 0 Å². The van der Waals surface area contributed by atoms with Crippen LogP contribution in [0.4, 0.5) is 10.1 Å². The van der Waals surface area contributed by atoms with E-state index in [4.69, 9.17) is 0 Å². The predicted octanol–water partition coefficient (Wildman–Crippen LogP) is 2.70. The van der Waals surface area contributed by atoms with Gasteiger partial charge in [-0.15, -0.1) is 10.2 Å². The maximum Gasteiger partial charge on any atom is 0.286 e. The smallest absolute Gasteiger partial charge is 0.286 e. The van der Waals surface area contributed by atoms with E-state index >= 15 is 0 Å². The number of nitrogens with one attached hydrogen (secondary N) is 2. The first-order valence-corrected chi connectivity index (χ1v) is 10.7. The third-order valence-corrected chi connectivity index (χ3v) is 5.97. The molecule has 160 valence electrons. The fraction of sp³-hybridized carbons (Fsp3) is 0.450. The molecule has 1 aromatic heterocycles. The van der Waals surface area contributed by atoms with Gasteiger partial charge in [-0.25, -0.2) is 4.39 Å². The molecule has 1 aromatic carbocycles. The van der Waals surface area contributed by atoms with Crippen molar-refractivity contribution in [3.05, 3.63) is 40.1 Å². The van der Waals surface area contributed by atoms with Gasteiger partial charge in [-0.3, -0.25) is 14.4 Å². The number of aromatic nitrogens is 2. The Bertz CT molecular complexity index is 909. The molecular weight excluding hydrogens is 409 g/mol. The number of carbonyl (C=O) groups is 3. The van der Waals surface area contributed by atoms with Gasteiger partial charge in [-0.1, -0.05) is 18.3 Å². The fourth-order valence-corrected chi connectivity index (χ4v) is 3.77. The van der Waals surface area contributed by atoms with E-state index in [0.717, 1.165) is 17.8 Å². The van der Waals surface area contributed by atoms with Crippen molar-refractivity contribution in [2.24, 2.45) is 5.92 Å². The fourth-order valence-electron chi connectivity index (χ4n) is 3.06. The number of benzene rings is 1. The molecule has 0 radical (unpaired) electrons. The average Bonchev–Trinajstić information content (AvgIpc) is 3.25. The lowest BCUT2D eigenvalue weighted by Crippen LogP contribution is -2.44. The number of nitrogens with zero attached hydrogens (tertiary/aromatic N) is 3. The summed E-state index contributed by atoms with van der Waals surface area (Å²) in [7, 11) is 0. The first-order valence-electron chi connectivity index (χ1n) is 9.87. The van der Waals surface area contributed by atoms with Crippen LogP contribution in [0.25, 0.3) is 0 Å². The first kappa shape index (κ1) is 21.8. The van der Waals surface area contributed by atoms with E-state index in [2.05, 4.69) is 20.8 Å². The Hall–Kier alpha value is -2.88. The molecule has 10 heteroatoms. The Balaban J connectivity index is 1.54. The molecule has 1 saturated heterocycles. The van der Waals surface area contributed by atoms with Crippen molar-refractivity contribution >= 4 is 34.7 Å². The van der Waals surface area contributed by atoms with Crippen LogP contribution in [0.1, 0.15) is 52.7 Å². The van der Waals surface area contributed by atoms with E-state index < -0.39 is 11.7 Å². The molecule has 2 heterocycles. The van der Waals surface area contributed by atoms with Crippen molar-refractivity contribution in [3.8, 4) is 0 Å². The summed E-state index contributed by atoms with van der Waals surface area (Å²) in [5, 5.41) is 13.4. The van der Waals surface area contributed by atoms with Gasteiger partial charge in [-0.05, 0) is 50.5 Å². The Kier molecular flexibility index (Phi) is 7.09. The molecule has 8 nitrogen and oxygen atoms in total. The number of hydrogen-bond acceptors (Lipinski definition) is 6. The largest absolute Gasteiger partial charge is 0.353 e. The Labute approximate surface area is 177 Å². The second-order valence-electron chi connectivity index (χ2n) is 7.26. The van der Waals surface area contributed by atoms with Gasteiger partial charge < -0.3 is 15.5 Å². The lowest BCUT2D eigenvalue weighted by atomic mass is 9.95. The highest BCUT2D eigenvalue weighted by Crippen LogP contribution is 2.21. The lowest BCUT2D eigenvalue weighted by molar-refractivity contribution is -0.126. The summed E-state index contributed by atoms with van der Waals surface area (Å²) in [6, 6.07) is 5.47. The minimum absolute atomic E-state index is 0.0344. The van der Waals surface area contributed by atoms with Crippen LogP contribution in [0.5, 0.6) is 0 Å². The molecular formula is C20H24FN5O3S. The standard InChI is InChI=1S/C20H24FN5O3S/c1-3-12(2)22-16(27)13-8-10-26(11-9-13)20(29)19-25-24-18(30-19)17(28)23-15-6-4-14(21)5-7-15/h4-7,12-13H,3,8-11H2,1-2H3,(H,22,27)(H,23,28)/t12-/m0/s1. The zero-order chi connectivity index (χ0) is 21.7. The number of carbonyl (C=O) groups excluding carboxylic acids is 3. The molecule has 1 aliphatic rings. The molecule has 0 saturated carbocycles. The normalized spacial score (nSPS) is 15.5. The maximum atomic E-state index is 13.0. The number of likely N-dealkylation sites (tertiary alicyclic amines) is 1. The molecule has 2 N–H and O–H groups in total. The summed E-state index contributed by atoms with van der Waals surface area (Å²) >= 11 is 0.905. The van der Waals surface area contributed by atoms with E-state index in [9.17, 15) is 18.8 Å². The van der Waals surface area contributed by atoms with Crippen LogP contribution in [-0.4, -0.2) is 52.0 Å². The summed E-state index contributed by atoms with van der Waals surface area (Å²) in [5.74, 6) is -1.28. The summed E-state index contributed by atoms with van der Waals surface area (Å²) in [4.78, 5) is 38.9.